The summed E-state index contributed by atoms with van der Waals surface area (Å²) >= 11 is 18.8. The Hall–Kier alpha value is -2.86. The Morgan fingerprint density at radius 2 is 1.65 bits per heavy atom. The lowest BCUT2D eigenvalue weighted by atomic mass is 9.81. The predicted octanol–water partition coefficient (Wildman–Crippen LogP) is 9.14. The zero-order chi connectivity index (χ0) is 26.9. The number of allylic oxidation sites excluding steroid dienone is 1. The minimum Gasteiger partial charge on any atom is -0.508 e. The summed E-state index contributed by atoms with van der Waals surface area (Å²) in [6, 6.07) is 14.4. The van der Waals surface area contributed by atoms with E-state index in [1.54, 1.807) is 37.4 Å². The maximum atomic E-state index is 14.9. The lowest BCUT2D eigenvalue weighted by Gasteiger charge is -2.28. The molecule has 0 radical (unpaired) electrons. The first kappa shape index (κ1) is 27.2. The molecule has 3 nitrogen and oxygen atoms in total. The summed E-state index contributed by atoms with van der Waals surface area (Å²) in [7, 11) is 0. The zero-order valence-electron chi connectivity index (χ0n) is 20.5. The van der Waals surface area contributed by atoms with Gasteiger partial charge >= 0.3 is 0 Å². The fourth-order valence-corrected chi connectivity index (χ4v) is 4.91. The van der Waals surface area contributed by atoms with Gasteiger partial charge in [-0.05, 0) is 73.5 Å². The molecule has 37 heavy (non-hydrogen) atoms. The lowest BCUT2D eigenvalue weighted by Crippen LogP contribution is -2.23. The molecule has 0 saturated carbocycles. The molecule has 0 atom stereocenters. The van der Waals surface area contributed by atoms with E-state index in [1.165, 1.54) is 24.3 Å². The number of halogens is 5. The Labute approximate surface area is 230 Å². The summed E-state index contributed by atoms with van der Waals surface area (Å²) < 4.78 is 30.7. The van der Waals surface area contributed by atoms with Crippen molar-refractivity contribution in [1.29, 1.82) is 0 Å². The van der Waals surface area contributed by atoms with Crippen molar-refractivity contribution in [3.63, 3.8) is 0 Å². The number of hydrogen-bond acceptors (Lipinski definition) is 2. The van der Waals surface area contributed by atoms with Crippen LogP contribution in [0.5, 0.6) is 0 Å². The Morgan fingerprint density at radius 3 is 2.27 bits per heavy atom. The molecule has 4 rings (SSSR count). The van der Waals surface area contributed by atoms with Gasteiger partial charge in [0, 0.05) is 39.9 Å². The molecule has 1 N–H and O–H groups in total. The number of aromatic nitrogens is 2. The van der Waals surface area contributed by atoms with Crippen molar-refractivity contribution in [1.82, 2.24) is 9.55 Å². The van der Waals surface area contributed by atoms with E-state index in [-0.39, 0.29) is 23.0 Å². The van der Waals surface area contributed by atoms with Gasteiger partial charge in [-0.15, -0.1) is 0 Å². The molecule has 4 aromatic rings. The predicted molar refractivity (Wildman–Crippen MR) is 147 cm³/mol. The quantitative estimate of drug-likeness (QED) is 0.228. The van der Waals surface area contributed by atoms with Gasteiger partial charge in [0.25, 0.3) is 0 Å². The molecule has 0 fully saturated rings. The fraction of sp³-hybridized carbons (Fsp3) is 0.207. The van der Waals surface area contributed by atoms with Gasteiger partial charge in [0.05, 0.1) is 15.7 Å². The molecule has 192 valence electrons. The van der Waals surface area contributed by atoms with Crippen LogP contribution in [0.15, 0.2) is 66.9 Å². The third-order valence-electron chi connectivity index (χ3n) is 6.51. The number of imidazole rings is 1. The number of aliphatic hydroxyl groups excluding tert-OH is 1. The molecule has 0 bridgehead atoms. The summed E-state index contributed by atoms with van der Waals surface area (Å²) in [6.07, 6.45) is 3.88. The summed E-state index contributed by atoms with van der Waals surface area (Å²) in [5.74, 6) is -0.250. The number of nitrogens with zero attached hydrogens (tertiary/aromatic N) is 2. The van der Waals surface area contributed by atoms with E-state index in [0.29, 0.717) is 33.4 Å². The van der Waals surface area contributed by atoms with Gasteiger partial charge in [0.15, 0.2) is 0 Å². The molecular weight excluding hydrogens is 537 g/mol. The first-order chi connectivity index (χ1) is 17.5. The van der Waals surface area contributed by atoms with Gasteiger partial charge in [-0.25, -0.2) is 13.8 Å². The first-order valence-electron chi connectivity index (χ1n) is 11.6. The van der Waals surface area contributed by atoms with Gasteiger partial charge in [0.2, 0.25) is 0 Å². The third-order valence-corrected chi connectivity index (χ3v) is 7.59. The van der Waals surface area contributed by atoms with Crippen LogP contribution in [0.2, 0.25) is 15.1 Å². The minimum atomic E-state index is -0.553. The van der Waals surface area contributed by atoms with E-state index in [9.17, 15) is 13.9 Å². The number of rotatable bonds is 7. The Balaban J connectivity index is 1.76. The maximum Gasteiger partial charge on any atom is 0.128 e. The van der Waals surface area contributed by atoms with Crippen molar-refractivity contribution in [2.24, 2.45) is 0 Å². The largest absolute Gasteiger partial charge is 0.508 e. The van der Waals surface area contributed by atoms with Crippen molar-refractivity contribution >= 4 is 40.6 Å². The molecule has 1 aromatic heterocycles. The van der Waals surface area contributed by atoms with Crippen LogP contribution in [-0.4, -0.2) is 14.7 Å². The molecule has 0 aliphatic carbocycles. The highest BCUT2D eigenvalue weighted by atomic mass is 35.5. The second-order valence-electron chi connectivity index (χ2n) is 9.22. The Morgan fingerprint density at radius 1 is 0.946 bits per heavy atom. The standard InChI is InChI=1S/C29H25Cl3F2N2O/c1-4-26(37)17-13-23(31)21(25(34)14-17)10-12-28-35-16-27(36(28)20-8-6-19(33)7-9-20)29(2,3)18-5-11-22(30)24(32)15-18/h4-9,11,13-16,37H,10,12H2,1-3H3/b26-4-. The molecule has 0 spiro atoms. The Bertz CT molecular complexity index is 1450. The van der Waals surface area contributed by atoms with E-state index in [4.69, 9.17) is 34.8 Å². The molecule has 0 aliphatic rings. The van der Waals surface area contributed by atoms with Crippen LogP contribution in [0, 0.1) is 11.6 Å². The normalized spacial score (nSPS) is 12.3. The highest BCUT2D eigenvalue weighted by molar-refractivity contribution is 6.42. The van der Waals surface area contributed by atoms with E-state index in [1.807, 2.05) is 30.5 Å². The van der Waals surface area contributed by atoms with Gasteiger partial charge in [0.1, 0.15) is 23.2 Å². The second-order valence-corrected chi connectivity index (χ2v) is 10.4. The smallest absolute Gasteiger partial charge is 0.128 e. The third kappa shape index (κ3) is 5.54. The van der Waals surface area contributed by atoms with Crippen molar-refractivity contribution in [2.75, 3.05) is 0 Å². The van der Waals surface area contributed by atoms with Crippen LogP contribution in [0.4, 0.5) is 8.78 Å². The summed E-state index contributed by atoms with van der Waals surface area (Å²) in [4.78, 5) is 4.68. The van der Waals surface area contributed by atoms with Crippen LogP contribution < -0.4 is 0 Å². The van der Waals surface area contributed by atoms with E-state index in [0.717, 1.165) is 16.9 Å². The van der Waals surface area contributed by atoms with Crippen LogP contribution >= 0.6 is 34.8 Å². The highest BCUT2D eigenvalue weighted by Gasteiger charge is 2.30. The van der Waals surface area contributed by atoms with E-state index >= 15 is 0 Å². The number of aryl methyl sites for hydroxylation is 1. The summed E-state index contributed by atoms with van der Waals surface area (Å²) in [6.45, 7) is 5.73. The second kappa shape index (κ2) is 10.9. The maximum absolute atomic E-state index is 14.9. The molecule has 8 heteroatoms. The van der Waals surface area contributed by atoms with Gasteiger partial charge in [-0.3, -0.25) is 4.57 Å². The molecule has 3 aromatic carbocycles. The molecular formula is C29H25Cl3F2N2O. The number of benzene rings is 3. The van der Waals surface area contributed by atoms with Crippen LogP contribution in [0.1, 0.15) is 49.0 Å². The van der Waals surface area contributed by atoms with Crippen molar-refractivity contribution in [2.45, 2.75) is 39.0 Å². The fourth-order valence-electron chi connectivity index (χ4n) is 4.31. The van der Waals surface area contributed by atoms with Crippen LogP contribution in [0.25, 0.3) is 11.4 Å². The zero-order valence-corrected chi connectivity index (χ0v) is 22.8. The molecule has 0 unspecified atom stereocenters. The average Bonchev–Trinajstić information content (AvgIpc) is 3.29. The number of hydrogen-bond donors (Lipinski definition) is 1. The molecule has 0 saturated heterocycles. The average molecular weight is 562 g/mol. The lowest BCUT2D eigenvalue weighted by molar-refractivity contribution is 0.509. The van der Waals surface area contributed by atoms with E-state index < -0.39 is 11.2 Å². The number of aliphatic hydroxyl groups is 1. The SMILES string of the molecule is C/C=C(\O)c1cc(F)c(CCc2ncc(C(C)(C)c3ccc(Cl)c(Cl)c3)n2-c2ccc(F)cc2)c(Cl)c1. The monoisotopic (exact) mass is 560 g/mol. The first-order valence-corrected chi connectivity index (χ1v) is 12.8. The molecule has 0 amide bonds. The van der Waals surface area contributed by atoms with Crippen LogP contribution in [0.3, 0.4) is 0 Å². The van der Waals surface area contributed by atoms with Crippen LogP contribution in [-0.2, 0) is 18.3 Å². The summed E-state index contributed by atoms with van der Waals surface area (Å²) in [5, 5.41) is 11.1. The van der Waals surface area contributed by atoms with Gasteiger partial charge < -0.3 is 5.11 Å². The molecule has 1 heterocycles. The van der Waals surface area contributed by atoms with Crippen molar-refractivity contribution < 1.29 is 13.9 Å². The van der Waals surface area contributed by atoms with Crippen molar-refractivity contribution in [3.8, 4) is 5.69 Å². The van der Waals surface area contributed by atoms with Gasteiger partial charge in [-0.1, -0.05) is 54.7 Å². The molecule has 0 aliphatic heterocycles. The van der Waals surface area contributed by atoms with Crippen molar-refractivity contribution in [3.05, 3.63) is 122 Å². The topological polar surface area (TPSA) is 38.1 Å². The highest BCUT2D eigenvalue weighted by Crippen LogP contribution is 2.37. The summed E-state index contributed by atoms with van der Waals surface area (Å²) in [5.41, 5.74) is 2.57. The van der Waals surface area contributed by atoms with E-state index in [2.05, 4.69) is 4.98 Å². The van der Waals surface area contributed by atoms with Gasteiger partial charge in [-0.2, -0.15) is 0 Å². The minimum absolute atomic E-state index is 0.0478. The Kier molecular flexibility index (Phi) is 7.98.